The van der Waals surface area contributed by atoms with Gasteiger partial charge in [-0.1, -0.05) is 0 Å². The van der Waals surface area contributed by atoms with Crippen LogP contribution in [0, 0.1) is 0 Å². The SMILES string of the molecule is CC(=O)N[C@H]1C(OP(=O)(O)OP(=O)(O)OC[C@H]2O[C@@H](n3ccc(=O)[nH]c3=O)[C@H](O)[C@@H]2O)O[C@H](CO)[C@H](O)[C@@H]1O. The molecule has 1 aromatic rings. The second-order valence-corrected chi connectivity index (χ2v) is 11.4. The Labute approximate surface area is 217 Å². The van der Waals surface area contributed by atoms with Crippen molar-refractivity contribution in [3.8, 4) is 0 Å². The Hall–Kier alpha value is -1.87. The second-order valence-electron chi connectivity index (χ2n) is 8.42. The Bertz CT molecular complexity index is 1240. The van der Waals surface area contributed by atoms with Gasteiger partial charge in [0.15, 0.2) is 12.5 Å². The number of carbonyl (C=O) groups excluding carboxylic acids is 1. The van der Waals surface area contributed by atoms with E-state index in [-0.39, 0.29) is 0 Å². The van der Waals surface area contributed by atoms with Crippen LogP contribution in [0.4, 0.5) is 0 Å². The molecule has 3 unspecified atom stereocenters. The van der Waals surface area contributed by atoms with E-state index >= 15 is 0 Å². The smallest absolute Gasteiger partial charge is 0.394 e. The molecule has 3 heterocycles. The van der Waals surface area contributed by atoms with E-state index in [4.69, 9.17) is 9.47 Å². The van der Waals surface area contributed by atoms with Crippen molar-refractivity contribution in [2.45, 2.75) is 62.1 Å². The molecule has 2 aliphatic rings. The van der Waals surface area contributed by atoms with Gasteiger partial charge in [0.25, 0.3) is 5.56 Å². The Morgan fingerprint density at radius 3 is 2.28 bits per heavy atom. The normalized spacial score (nSPS) is 36.2. The summed E-state index contributed by atoms with van der Waals surface area (Å²) in [5.41, 5.74) is -1.75. The van der Waals surface area contributed by atoms with Crippen LogP contribution >= 0.6 is 15.6 Å². The highest BCUT2D eigenvalue weighted by atomic mass is 31.3. The standard InChI is InChI=1S/C17H27N3O17P2/c1-6(22)18-10-13(26)11(24)7(4-21)35-16(10)36-39(31,32)37-38(29,30)33-5-8-12(25)14(27)15(34-8)20-3-2-9(23)19-17(20)28/h2-3,7-8,10-16,21,24-27H,4-5H2,1H3,(H,18,22)(H,29,30)(H,31,32)(H,19,23,28)/t7-,8-,10-,11+,12-,13-,14-,15-,16?/m1/s1. The van der Waals surface area contributed by atoms with Crippen LogP contribution in [0.3, 0.4) is 0 Å². The van der Waals surface area contributed by atoms with E-state index in [9.17, 15) is 58.8 Å². The first-order valence-electron chi connectivity index (χ1n) is 11.0. The van der Waals surface area contributed by atoms with Gasteiger partial charge in [-0.2, -0.15) is 4.31 Å². The molecule has 39 heavy (non-hydrogen) atoms. The summed E-state index contributed by atoms with van der Waals surface area (Å²) in [5, 5.41) is 51.9. The summed E-state index contributed by atoms with van der Waals surface area (Å²) in [6.07, 6.45) is -13.0. The zero-order valence-electron chi connectivity index (χ0n) is 19.8. The van der Waals surface area contributed by atoms with Gasteiger partial charge in [-0.3, -0.25) is 28.2 Å². The van der Waals surface area contributed by atoms with Gasteiger partial charge in [0.2, 0.25) is 5.91 Å². The first kappa shape index (κ1) is 31.7. The van der Waals surface area contributed by atoms with Crippen molar-refractivity contribution in [3.05, 3.63) is 33.1 Å². The molecule has 0 bridgehead atoms. The number of ether oxygens (including phenoxy) is 2. The maximum atomic E-state index is 12.4. The molecule has 0 aromatic carbocycles. The first-order valence-corrected chi connectivity index (χ1v) is 14.0. The van der Waals surface area contributed by atoms with Gasteiger partial charge in [0.1, 0.15) is 42.7 Å². The van der Waals surface area contributed by atoms with Crippen molar-refractivity contribution in [2.24, 2.45) is 0 Å². The third-order valence-corrected chi connectivity index (χ3v) is 8.16. The van der Waals surface area contributed by atoms with Crippen molar-refractivity contribution in [1.29, 1.82) is 0 Å². The highest BCUT2D eigenvalue weighted by Crippen LogP contribution is 2.61. The molecule has 222 valence electrons. The summed E-state index contributed by atoms with van der Waals surface area (Å²) in [5.74, 6) is -0.796. The molecule has 20 nitrogen and oxygen atoms in total. The van der Waals surface area contributed by atoms with Gasteiger partial charge in [-0.05, 0) is 0 Å². The number of carbonyl (C=O) groups is 1. The fraction of sp³-hybridized carbons (Fsp3) is 0.706. The predicted molar refractivity (Wildman–Crippen MR) is 120 cm³/mol. The van der Waals surface area contributed by atoms with Crippen LogP contribution < -0.4 is 16.6 Å². The molecule has 1 amide bonds. The number of aliphatic hydroxyl groups excluding tert-OH is 5. The Kier molecular flexibility index (Phi) is 10.0. The van der Waals surface area contributed by atoms with Crippen LogP contribution in [0.2, 0.25) is 0 Å². The molecule has 3 rings (SSSR count). The molecule has 1 aromatic heterocycles. The minimum atomic E-state index is -5.63. The fourth-order valence-corrected chi connectivity index (χ4v) is 5.92. The molecule has 2 aliphatic heterocycles. The van der Waals surface area contributed by atoms with Crippen LogP contribution in [0.15, 0.2) is 21.9 Å². The lowest BCUT2D eigenvalue weighted by Gasteiger charge is -2.42. The molecule has 2 saturated heterocycles. The van der Waals surface area contributed by atoms with E-state index in [1.54, 1.807) is 0 Å². The zero-order chi connectivity index (χ0) is 29.3. The zero-order valence-corrected chi connectivity index (χ0v) is 21.6. The van der Waals surface area contributed by atoms with Crippen molar-refractivity contribution in [1.82, 2.24) is 14.9 Å². The highest BCUT2D eigenvalue weighted by molar-refractivity contribution is 7.61. The average Bonchev–Trinajstić information content (AvgIpc) is 3.10. The highest BCUT2D eigenvalue weighted by Gasteiger charge is 2.50. The molecular weight excluding hydrogens is 580 g/mol. The largest absolute Gasteiger partial charge is 0.483 e. The molecule has 11 atom stereocenters. The van der Waals surface area contributed by atoms with E-state index in [0.29, 0.717) is 0 Å². The van der Waals surface area contributed by atoms with Crippen molar-refractivity contribution in [3.63, 3.8) is 0 Å². The van der Waals surface area contributed by atoms with E-state index in [0.717, 1.165) is 23.8 Å². The van der Waals surface area contributed by atoms with Crippen molar-refractivity contribution >= 4 is 21.6 Å². The van der Waals surface area contributed by atoms with Crippen molar-refractivity contribution < 1.29 is 72.1 Å². The van der Waals surface area contributed by atoms with Gasteiger partial charge in [0.05, 0.1) is 13.2 Å². The topological polar surface area (TPSA) is 306 Å². The predicted octanol–water partition coefficient (Wildman–Crippen LogP) is -4.65. The summed E-state index contributed by atoms with van der Waals surface area (Å²) in [4.78, 5) is 56.4. The number of hydrogen-bond donors (Lipinski definition) is 9. The number of aromatic nitrogens is 2. The Morgan fingerprint density at radius 1 is 1.05 bits per heavy atom. The number of phosphoric acid groups is 2. The minimum Gasteiger partial charge on any atom is -0.394 e. The van der Waals surface area contributed by atoms with Gasteiger partial charge in [0, 0.05) is 19.2 Å². The number of phosphoric ester groups is 2. The van der Waals surface area contributed by atoms with Gasteiger partial charge >= 0.3 is 21.3 Å². The number of amides is 1. The monoisotopic (exact) mass is 607 g/mol. The Morgan fingerprint density at radius 2 is 1.69 bits per heavy atom. The second kappa shape index (κ2) is 12.3. The van der Waals surface area contributed by atoms with Crippen LogP contribution in [-0.4, -0.2) is 113 Å². The van der Waals surface area contributed by atoms with Gasteiger partial charge in [-0.25, -0.2) is 13.9 Å². The summed E-state index contributed by atoms with van der Waals surface area (Å²) < 4.78 is 49.2. The number of aromatic amines is 1. The number of H-pyrrole nitrogens is 1. The number of nitrogens with zero attached hydrogens (tertiary/aromatic N) is 1. The molecular formula is C17H27N3O17P2. The Balaban J connectivity index is 1.66. The maximum absolute atomic E-state index is 12.4. The van der Waals surface area contributed by atoms with Crippen molar-refractivity contribution in [2.75, 3.05) is 13.2 Å². The van der Waals surface area contributed by atoms with E-state index in [1.807, 2.05) is 4.98 Å². The van der Waals surface area contributed by atoms with Gasteiger partial charge in [-0.15, -0.1) is 0 Å². The molecule has 9 N–H and O–H groups in total. The molecule has 0 radical (unpaired) electrons. The average molecular weight is 607 g/mol. The fourth-order valence-electron chi connectivity index (χ4n) is 3.76. The number of rotatable bonds is 10. The summed E-state index contributed by atoms with van der Waals surface area (Å²) in [7, 11) is -11.1. The lowest BCUT2D eigenvalue weighted by molar-refractivity contribution is -0.247. The minimum absolute atomic E-state index is 0.723. The van der Waals surface area contributed by atoms with E-state index in [2.05, 4.69) is 18.7 Å². The molecule has 22 heteroatoms. The maximum Gasteiger partial charge on any atom is 0.483 e. The third kappa shape index (κ3) is 7.66. The molecule has 0 aliphatic carbocycles. The molecule has 0 spiro atoms. The third-order valence-electron chi connectivity index (χ3n) is 5.56. The molecule has 0 saturated carbocycles. The lowest BCUT2D eigenvalue weighted by atomic mass is 9.97. The van der Waals surface area contributed by atoms with Gasteiger partial charge < -0.3 is 50.1 Å². The number of aliphatic hydroxyl groups is 5. The van der Waals surface area contributed by atoms with Crippen LogP contribution in [0.1, 0.15) is 13.2 Å². The van der Waals surface area contributed by atoms with Crippen LogP contribution in [0.25, 0.3) is 0 Å². The first-order chi connectivity index (χ1) is 18.0. The van der Waals surface area contributed by atoms with E-state index in [1.165, 1.54) is 0 Å². The summed E-state index contributed by atoms with van der Waals surface area (Å²) in [6, 6.07) is -0.766. The van der Waals surface area contributed by atoms with Crippen LogP contribution in [-0.2, 0) is 36.8 Å². The summed E-state index contributed by atoms with van der Waals surface area (Å²) in [6.45, 7) is -0.940. The number of hydrogen-bond acceptors (Lipinski definition) is 15. The summed E-state index contributed by atoms with van der Waals surface area (Å²) >= 11 is 0. The molecule has 2 fully saturated rings. The van der Waals surface area contributed by atoms with Crippen LogP contribution in [0.5, 0.6) is 0 Å². The number of nitrogens with one attached hydrogen (secondary N) is 2. The quantitative estimate of drug-likeness (QED) is 0.113. The van der Waals surface area contributed by atoms with E-state index < -0.39 is 101 Å². The lowest BCUT2D eigenvalue weighted by Crippen LogP contribution is -2.64.